The van der Waals surface area contributed by atoms with Gasteiger partial charge in [0.25, 0.3) is 5.91 Å². The molecule has 0 aliphatic carbocycles. The van der Waals surface area contributed by atoms with Gasteiger partial charge in [0.05, 0.1) is 6.10 Å². The SMILES string of the molecule is CCCOC(CC)CNC(=O)c1ccc(C)cc1. The van der Waals surface area contributed by atoms with Crippen molar-refractivity contribution in [2.75, 3.05) is 13.2 Å². The summed E-state index contributed by atoms with van der Waals surface area (Å²) in [5, 5.41) is 2.91. The first-order valence-corrected chi connectivity index (χ1v) is 6.63. The molecule has 0 radical (unpaired) electrons. The second-order valence-electron chi connectivity index (χ2n) is 4.48. The molecule has 1 aromatic rings. The molecule has 100 valence electrons. The topological polar surface area (TPSA) is 38.3 Å². The van der Waals surface area contributed by atoms with Gasteiger partial charge in [0.15, 0.2) is 0 Å². The zero-order chi connectivity index (χ0) is 13.4. The van der Waals surface area contributed by atoms with Crippen LogP contribution < -0.4 is 5.32 Å². The second-order valence-corrected chi connectivity index (χ2v) is 4.48. The van der Waals surface area contributed by atoms with Gasteiger partial charge < -0.3 is 10.1 Å². The third-order valence-electron chi connectivity index (χ3n) is 2.82. The largest absolute Gasteiger partial charge is 0.376 e. The number of hydrogen-bond donors (Lipinski definition) is 1. The standard InChI is InChI=1S/C15H23NO2/c1-4-10-18-14(5-2)11-16-15(17)13-8-6-12(3)7-9-13/h6-9,14H,4-5,10-11H2,1-3H3,(H,16,17). The number of rotatable bonds is 7. The number of ether oxygens (including phenoxy) is 1. The van der Waals surface area contributed by atoms with Crippen molar-refractivity contribution in [3.63, 3.8) is 0 Å². The molecule has 1 atom stereocenters. The Morgan fingerprint density at radius 1 is 1.28 bits per heavy atom. The number of benzene rings is 1. The van der Waals surface area contributed by atoms with Crippen molar-refractivity contribution in [3.05, 3.63) is 35.4 Å². The second kappa shape index (κ2) is 7.88. The lowest BCUT2D eigenvalue weighted by Gasteiger charge is -2.16. The zero-order valence-corrected chi connectivity index (χ0v) is 11.5. The van der Waals surface area contributed by atoms with Gasteiger partial charge in [0.1, 0.15) is 0 Å². The molecule has 0 aliphatic heterocycles. The van der Waals surface area contributed by atoms with Crippen LogP contribution in [-0.4, -0.2) is 25.2 Å². The molecular formula is C15H23NO2. The van der Waals surface area contributed by atoms with E-state index in [4.69, 9.17) is 4.74 Å². The Kier molecular flexibility index (Phi) is 6.44. The highest BCUT2D eigenvalue weighted by molar-refractivity contribution is 5.94. The Labute approximate surface area is 110 Å². The fraction of sp³-hybridized carbons (Fsp3) is 0.533. The summed E-state index contributed by atoms with van der Waals surface area (Å²) < 4.78 is 5.63. The van der Waals surface area contributed by atoms with Crippen LogP contribution in [0.25, 0.3) is 0 Å². The summed E-state index contributed by atoms with van der Waals surface area (Å²) in [7, 11) is 0. The Hall–Kier alpha value is -1.35. The average molecular weight is 249 g/mol. The van der Waals surface area contributed by atoms with E-state index < -0.39 is 0 Å². The number of carbonyl (C=O) groups excluding carboxylic acids is 1. The molecule has 1 N–H and O–H groups in total. The maximum atomic E-state index is 11.9. The molecule has 0 saturated heterocycles. The summed E-state index contributed by atoms with van der Waals surface area (Å²) in [4.78, 5) is 11.9. The first-order valence-electron chi connectivity index (χ1n) is 6.63. The molecule has 1 unspecified atom stereocenters. The highest BCUT2D eigenvalue weighted by Gasteiger charge is 2.09. The van der Waals surface area contributed by atoms with Crippen molar-refractivity contribution in [1.29, 1.82) is 0 Å². The summed E-state index contributed by atoms with van der Waals surface area (Å²) in [6.45, 7) is 7.48. The molecule has 0 heterocycles. The van der Waals surface area contributed by atoms with E-state index in [1.54, 1.807) is 0 Å². The van der Waals surface area contributed by atoms with Crippen LogP contribution in [-0.2, 0) is 4.74 Å². The quantitative estimate of drug-likeness (QED) is 0.807. The number of nitrogens with one attached hydrogen (secondary N) is 1. The number of amides is 1. The van der Waals surface area contributed by atoms with Crippen molar-refractivity contribution in [3.8, 4) is 0 Å². The van der Waals surface area contributed by atoms with E-state index in [9.17, 15) is 4.79 Å². The van der Waals surface area contributed by atoms with Crippen LogP contribution in [0.1, 0.15) is 42.6 Å². The van der Waals surface area contributed by atoms with Gasteiger partial charge >= 0.3 is 0 Å². The van der Waals surface area contributed by atoms with Crippen LogP contribution in [0, 0.1) is 6.92 Å². The molecule has 1 aromatic carbocycles. The van der Waals surface area contributed by atoms with Gasteiger partial charge in [-0.25, -0.2) is 0 Å². The molecule has 0 aromatic heterocycles. The molecule has 18 heavy (non-hydrogen) atoms. The molecule has 0 spiro atoms. The molecular weight excluding hydrogens is 226 g/mol. The van der Waals surface area contributed by atoms with Crippen molar-refractivity contribution in [2.45, 2.75) is 39.7 Å². The van der Waals surface area contributed by atoms with Crippen LogP contribution in [0.2, 0.25) is 0 Å². The molecule has 3 heteroatoms. The molecule has 1 amide bonds. The van der Waals surface area contributed by atoms with Gasteiger partial charge in [-0.3, -0.25) is 4.79 Å². The number of aryl methyl sites for hydroxylation is 1. The van der Waals surface area contributed by atoms with Crippen LogP contribution in [0.15, 0.2) is 24.3 Å². The van der Waals surface area contributed by atoms with E-state index in [2.05, 4.69) is 19.2 Å². The lowest BCUT2D eigenvalue weighted by molar-refractivity contribution is 0.0491. The van der Waals surface area contributed by atoms with E-state index in [0.29, 0.717) is 12.1 Å². The Bertz CT molecular complexity index is 359. The minimum Gasteiger partial charge on any atom is -0.376 e. The van der Waals surface area contributed by atoms with E-state index in [-0.39, 0.29) is 12.0 Å². The van der Waals surface area contributed by atoms with Crippen molar-refractivity contribution in [1.82, 2.24) is 5.32 Å². The Morgan fingerprint density at radius 3 is 2.50 bits per heavy atom. The molecule has 0 saturated carbocycles. The normalized spacial score (nSPS) is 12.2. The van der Waals surface area contributed by atoms with E-state index in [0.717, 1.165) is 25.0 Å². The van der Waals surface area contributed by atoms with Gasteiger partial charge in [0.2, 0.25) is 0 Å². The third-order valence-corrected chi connectivity index (χ3v) is 2.82. The third kappa shape index (κ3) is 4.88. The predicted octanol–water partition coefficient (Wildman–Crippen LogP) is 2.93. The first-order chi connectivity index (χ1) is 8.67. The lowest BCUT2D eigenvalue weighted by Crippen LogP contribution is -2.33. The summed E-state index contributed by atoms with van der Waals surface area (Å²) in [5.74, 6) is -0.0338. The highest BCUT2D eigenvalue weighted by atomic mass is 16.5. The number of carbonyl (C=O) groups is 1. The maximum absolute atomic E-state index is 11.9. The smallest absolute Gasteiger partial charge is 0.251 e. The predicted molar refractivity (Wildman–Crippen MR) is 73.8 cm³/mol. The van der Waals surface area contributed by atoms with E-state index >= 15 is 0 Å². The Morgan fingerprint density at radius 2 is 1.94 bits per heavy atom. The van der Waals surface area contributed by atoms with Crippen molar-refractivity contribution >= 4 is 5.91 Å². The fourth-order valence-corrected chi connectivity index (χ4v) is 1.62. The van der Waals surface area contributed by atoms with Gasteiger partial charge in [-0.15, -0.1) is 0 Å². The minimum atomic E-state index is -0.0338. The van der Waals surface area contributed by atoms with Gasteiger partial charge in [-0.05, 0) is 31.9 Å². The molecule has 0 aliphatic rings. The van der Waals surface area contributed by atoms with Crippen LogP contribution in [0.4, 0.5) is 0 Å². The Balaban J connectivity index is 2.42. The molecule has 0 fully saturated rings. The average Bonchev–Trinajstić information content (AvgIpc) is 2.39. The first kappa shape index (κ1) is 14.7. The summed E-state index contributed by atoms with van der Waals surface area (Å²) in [6, 6.07) is 7.58. The lowest BCUT2D eigenvalue weighted by atomic mass is 10.1. The maximum Gasteiger partial charge on any atom is 0.251 e. The van der Waals surface area contributed by atoms with Crippen molar-refractivity contribution < 1.29 is 9.53 Å². The van der Waals surface area contributed by atoms with Gasteiger partial charge in [-0.2, -0.15) is 0 Å². The molecule has 0 bridgehead atoms. The molecule has 1 rings (SSSR count). The van der Waals surface area contributed by atoms with Gasteiger partial charge in [-0.1, -0.05) is 31.5 Å². The monoisotopic (exact) mass is 249 g/mol. The minimum absolute atomic E-state index is 0.0338. The summed E-state index contributed by atoms with van der Waals surface area (Å²) >= 11 is 0. The zero-order valence-electron chi connectivity index (χ0n) is 11.5. The van der Waals surface area contributed by atoms with E-state index in [1.807, 2.05) is 31.2 Å². The fourth-order valence-electron chi connectivity index (χ4n) is 1.62. The highest BCUT2D eigenvalue weighted by Crippen LogP contribution is 2.03. The van der Waals surface area contributed by atoms with Crippen molar-refractivity contribution in [2.24, 2.45) is 0 Å². The molecule has 3 nitrogen and oxygen atoms in total. The number of hydrogen-bond acceptors (Lipinski definition) is 2. The van der Waals surface area contributed by atoms with Gasteiger partial charge in [0, 0.05) is 18.7 Å². The van der Waals surface area contributed by atoms with E-state index in [1.165, 1.54) is 0 Å². The summed E-state index contributed by atoms with van der Waals surface area (Å²) in [6.07, 6.45) is 2.02. The van der Waals surface area contributed by atoms with Crippen LogP contribution >= 0.6 is 0 Å². The summed E-state index contributed by atoms with van der Waals surface area (Å²) in [5.41, 5.74) is 1.86. The van der Waals surface area contributed by atoms with Crippen LogP contribution in [0.3, 0.4) is 0 Å². The van der Waals surface area contributed by atoms with Crippen LogP contribution in [0.5, 0.6) is 0 Å².